The van der Waals surface area contributed by atoms with Crippen molar-refractivity contribution in [2.24, 2.45) is 0 Å². The monoisotopic (exact) mass is 379 g/mol. The lowest BCUT2D eigenvalue weighted by Crippen LogP contribution is -2.04. The lowest BCUT2D eigenvalue weighted by Gasteiger charge is -2.07. The molecule has 3 aromatic carbocycles. The van der Waals surface area contributed by atoms with Crippen LogP contribution in [0.4, 0.5) is 0 Å². The maximum Gasteiger partial charge on any atom is 0.328 e. The van der Waals surface area contributed by atoms with Crippen LogP contribution in [0.2, 0.25) is 0 Å². The van der Waals surface area contributed by atoms with Gasteiger partial charge in [-0.05, 0) is 36.4 Å². The zero-order valence-corrected chi connectivity index (χ0v) is 15.3. The summed E-state index contributed by atoms with van der Waals surface area (Å²) in [7, 11) is -0.0146. The van der Waals surface area contributed by atoms with Gasteiger partial charge in [-0.1, -0.05) is 54.6 Å². The van der Waals surface area contributed by atoms with Gasteiger partial charge in [0.25, 0.3) is 0 Å². The molecular formula is C22H19O4S+. The van der Waals surface area contributed by atoms with Crippen LogP contribution in [0.3, 0.4) is 0 Å². The molecule has 0 atom stereocenters. The minimum atomic E-state index is -1.26. The number of carboxylic acids is 2. The molecule has 3 aromatic rings. The van der Waals surface area contributed by atoms with Crippen LogP contribution < -0.4 is 0 Å². The van der Waals surface area contributed by atoms with Crippen LogP contribution in [0.5, 0.6) is 0 Å². The van der Waals surface area contributed by atoms with Crippen LogP contribution in [-0.4, -0.2) is 22.2 Å². The van der Waals surface area contributed by atoms with Crippen molar-refractivity contribution >= 4 is 22.8 Å². The Bertz CT molecular complexity index is 768. The van der Waals surface area contributed by atoms with E-state index >= 15 is 0 Å². The summed E-state index contributed by atoms with van der Waals surface area (Å²) in [6, 6.07) is 32.2. The highest BCUT2D eigenvalue weighted by molar-refractivity contribution is 7.97. The summed E-state index contributed by atoms with van der Waals surface area (Å²) in [5, 5.41) is 15.6. The summed E-state index contributed by atoms with van der Waals surface area (Å²) in [6.45, 7) is 0. The average molecular weight is 379 g/mol. The highest BCUT2D eigenvalue weighted by Crippen LogP contribution is 2.30. The van der Waals surface area contributed by atoms with Crippen molar-refractivity contribution in [3.63, 3.8) is 0 Å². The van der Waals surface area contributed by atoms with Gasteiger partial charge in [-0.3, -0.25) is 0 Å². The molecule has 5 heteroatoms. The highest BCUT2D eigenvalue weighted by Gasteiger charge is 2.27. The van der Waals surface area contributed by atoms with E-state index in [2.05, 4.69) is 91.0 Å². The van der Waals surface area contributed by atoms with Crippen molar-refractivity contribution in [1.29, 1.82) is 0 Å². The first-order chi connectivity index (χ1) is 13.1. The molecular weight excluding hydrogens is 360 g/mol. The Morgan fingerprint density at radius 2 is 0.815 bits per heavy atom. The Morgan fingerprint density at radius 1 is 0.556 bits per heavy atom. The van der Waals surface area contributed by atoms with E-state index in [9.17, 15) is 9.59 Å². The van der Waals surface area contributed by atoms with E-state index in [1.165, 1.54) is 14.7 Å². The third kappa shape index (κ3) is 6.84. The molecule has 0 bridgehead atoms. The van der Waals surface area contributed by atoms with Crippen molar-refractivity contribution in [2.45, 2.75) is 14.7 Å². The fourth-order valence-electron chi connectivity index (χ4n) is 2.22. The summed E-state index contributed by atoms with van der Waals surface area (Å²) in [6.07, 6.45) is 1.12. The van der Waals surface area contributed by atoms with Gasteiger partial charge in [0.2, 0.25) is 0 Å². The SMILES string of the molecule is O=C(O)C=CC(=O)O.c1ccc([S+](c2ccccc2)c2ccccc2)cc1. The number of carbonyl (C=O) groups is 2. The van der Waals surface area contributed by atoms with E-state index in [-0.39, 0.29) is 10.9 Å². The minimum absolute atomic E-state index is 0.0146. The van der Waals surface area contributed by atoms with E-state index < -0.39 is 11.9 Å². The van der Waals surface area contributed by atoms with Gasteiger partial charge < -0.3 is 10.2 Å². The van der Waals surface area contributed by atoms with E-state index in [4.69, 9.17) is 10.2 Å². The maximum absolute atomic E-state index is 9.55. The molecule has 0 aliphatic heterocycles. The molecule has 0 radical (unpaired) electrons. The lowest BCUT2D eigenvalue weighted by atomic mass is 10.4. The second kappa shape index (κ2) is 10.6. The summed E-state index contributed by atoms with van der Waals surface area (Å²) >= 11 is 0. The summed E-state index contributed by atoms with van der Waals surface area (Å²) in [5.74, 6) is -2.51. The topological polar surface area (TPSA) is 74.6 Å². The Morgan fingerprint density at radius 3 is 1.04 bits per heavy atom. The molecule has 2 N–H and O–H groups in total. The van der Waals surface area contributed by atoms with Crippen LogP contribution in [0.15, 0.2) is 118 Å². The van der Waals surface area contributed by atoms with Gasteiger partial charge in [-0.25, -0.2) is 9.59 Å². The Balaban J connectivity index is 0.000000279. The van der Waals surface area contributed by atoms with Crippen molar-refractivity contribution in [3.05, 3.63) is 103 Å². The van der Waals surface area contributed by atoms with Gasteiger partial charge in [0, 0.05) is 12.2 Å². The predicted molar refractivity (Wildman–Crippen MR) is 106 cm³/mol. The van der Waals surface area contributed by atoms with Gasteiger partial charge >= 0.3 is 11.9 Å². The third-order valence-corrected chi connectivity index (χ3v) is 5.54. The number of aliphatic carboxylic acids is 2. The molecule has 136 valence electrons. The molecule has 0 unspecified atom stereocenters. The van der Waals surface area contributed by atoms with Crippen molar-refractivity contribution in [3.8, 4) is 0 Å². The molecule has 0 heterocycles. The minimum Gasteiger partial charge on any atom is -0.478 e. The van der Waals surface area contributed by atoms with Crippen LogP contribution in [0.1, 0.15) is 0 Å². The fourth-order valence-corrected chi connectivity index (χ4v) is 4.32. The van der Waals surface area contributed by atoms with Gasteiger partial charge in [0.15, 0.2) is 14.7 Å². The van der Waals surface area contributed by atoms with Crippen LogP contribution in [0, 0.1) is 0 Å². The molecule has 0 aliphatic rings. The van der Waals surface area contributed by atoms with E-state index in [0.29, 0.717) is 12.2 Å². The number of carboxylic acid groups (broad SMARTS) is 2. The van der Waals surface area contributed by atoms with Crippen LogP contribution in [0.25, 0.3) is 0 Å². The largest absolute Gasteiger partial charge is 0.478 e. The van der Waals surface area contributed by atoms with Gasteiger partial charge in [0.1, 0.15) is 0 Å². The van der Waals surface area contributed by atoms with Gasteiger partial charge in [-0.15, -0.1) is 0 Å². The zero-order valence-electron chi connectivity index (χ0n) is 14.4. The quantitative estimate of drug-likeness (QED) is 0.506. The lowest BCUT2D eigenvalue weighted by molar-refractivity contribution is -0.134. The fraction of sp³-hybridized carbons (Fsp3) is 0. The molecule has 0 aliphatic carbocycles. The van der Waals surface area contributed by atoms with Crippen LogP contribution >= 0.6 is 0 Å². The van der Waals surface area contributed by atoms with E-state index in [1.54, 1.807) is 0 Å². The third-order valence-electron chi connectivity index (χ3n) is 3.31. The first-order valence-electron chi connectivity index (χ1n) is 8.11. The molecule has 0 saturated heterocycles. The molecule has 0 fully saturated rings. The number of hydrogen-bond acceptors (Lipinski definition) is 2. The smallest absolute Gasteiger partial charge is 0.328 e. The van der Waals surface area contributed by atoms with Crippen LogP contribution in [-0.2, 0) is 20.5 Å². The number of benzene rings is 3. The molecule has 0 amide bonds. The Kier molecular flexibility index (Phi) is 7.88. The molecule has 27 heavy (non-hydrogen) atoms. The number of rotatable bonds is 5. The standard InChI is InChI=1S/C18H15S.C4H4O4/c1-4-10-16(11-5-1)19(17-12-6-2-7-13-17)18-14-8-3-9-15-18;5-3(6)1-2-4(7)8/h1-15H;1-2H,(H,5,6)(H,7,8)/q+1;. The van der Waals surface area contributed by atoms with Crippen molar-refractivity contribution in [2.75, 3.05) is 0 Å². The Hall–Kier alpha value is -3.31. The molecule has 0 spiro atoms. The second-order valence-corrected chi connectivity index (χ2v) is 7.28. The molecule has 4 nitrogen and oxygen atoms in total. The van der Waals surface area contributed by atoms with Crippen molar-refractivity contribution in [1.82, 2.24) is 0 Å². The summed E-state index contributed by atoms with van der Waals surface area (Å²) in [5.41, 5.74) is 0. The Labute approximate surface area is 160 Å². The van der Waals surface area contributed by atoms with E-state index in [0.717, 1.165) is 0 Å². The highest BCUT2D eigenvalue weighted by atomic mass is 32.2. The molecule has 0 saturated carbocycles. The number of hydrogen-bond donors (Lipinski definition) is 2. The van der Waals surface area contributed by atoms with E-state index in [1.807, 2.05) is 0 Å². The first kappa shape index (κ1) is 20.0. The normalized spacial score (nSPS) is 10.3. The second-order valence-electron chi connectivity index (χ2n) is 5.26. The maximum atomic E-state index is 9.55. The summed E-state index contributed by atoms with van der Waals surface area (Å²) < 4.78 is 0. The molecule has 0 aromatic heterocycles. The average Bonchev–Trinajstić information content (AvgIpc) is 2.70. The van der Waals surface area contributed by atoms with Gasteiger partial charge in [-0.2, -0.15) is 0 Å². The zero-order chi connectivity index (χ0) is 19.5. The predicted octanol–water partition coefficient (Wildman–Crippen LogP) is 4.49. The molecule has 3 rings (SSSR count). The van der Waals surface area contributed by atoms with Crippen molar-refractivity contribution < 1.29 is 19.8 Å². The van der Waals surface area contributed by atoms with Gasteiger partial charge in [0.05, 0.1) is 10.9 Å². The summed E-state index contributed by atoms with van der Waals surface area (Å²) in [4.78, 5) is 23.2. The first-order valence-corrected chi connectivity index (χ1v) is 9.34.